The van der Waals surface area contributed by atoms with E-state index in [0.717, 1.165) is 17.7 Å². The minimum absolute atomic E-state index is 0.0829. The van der Waals surface area contributed by atoms with Crippen molar-refractivity contribution in [3.05, 3.63) is 65.7 Å². The van der Waals surface area contributed by atoms with Crippen LogP contribution in [0.25, 0.3) is 0 Å². The van der Waals surface area contributed by atoms with Crippen LogP contribution in [0.5, 0.6) is 0 Å². The maximum atomic E-state index is 12.4. The first kappa shape index (κ1) is 17.7. The molecule has 1 atom stereocenters. The van der Waals surface area contributed by atoms with Gasteiger partial charge >= 0.3 is 0 Å². The summed E-state index contributed by atoms with van der Waals surface area (Å²) in [4.78, 5) is 38.4. The smallest absolute Gasteiger partial charge is 0.269 e. The van der Waals surface area contributed by atoms with Crippen molar-refractivity contribution >= 4 is 23.4 Å². The normalized spacial score (nSPS) is 16.4. The van der Waals surface area contributed by atoms with E-state index in [1.54, 1.807) is 29.2 Å². The molecule has 6 nitrogen and oxygen atoms in total. The fourth-order valence-electron chi connectivity index (χ4n) is 3.07. The van der Waals surface area contributed by atoms with E-state index in [1.807, 2.05) is 37.3 Å². The number of anilines is 1. The number of hydrogen-bond donors (Lipinski definition) is 2. The summed E-state index contributed by atoms with van der Waals surface area (Å²) in [5, 5.41) is 0. The number of benzene rings is 2. The van der Waals surface area contributed by atoms with Gasteiger partial charge in [-0.1, -0.05) is 43.3 Å². The third-order valence-corrected chi connectivity index (χ3v) is 4.49. The van der Waals surface area contributed by atoms with Crippen molar-refractivity contribution in [1.82, 2.24) is 10.9 Å². The van der Waals surface area contributed by atoms with Crippen molar-refractivity contribution in [3.8, 4) is 0 Å². The van der Waals surface area contributed by atoms with Crippen LogP contribution < -0.4 is 15.8 Å². The van der Waals surface area contributed by atoms with Gasteiger partial charge < -0.3 is 4.90 Å². The first-order valence-corrected chi connectivity index (χ1v) is 8.63. The summed E-state index contributed by atoms with van der Waals surface area (Å²) in [5.41, 5.74) is 7.20. The molecule has 0 aromatic heterocycles. The van der Waals surface area contributed by atoms with Gasteiger partial charge in [-0.05, 0) is 30.2 Å². The molecule has 1 heterocycles. The van der Waals surface area contributed by atoms with Crippen LogP contribution in [0.2, 0.25) is 0 Å². The lowest BCUT2D eigenvalue weighted by Crippen LogP contribution is -2.45. The van der Waals surface area contributed by atoms with Crippen LogP contribution in [-0.4, -0.2) is 24.3 Å². The van der Waals surface area contributed by atoms with Crippen LogP contribution in [-0.2, 0) is 16.0 Å². The van der Waals surface area contributed by atoms with Crippen LogP contribution >= 0.6 is 0 Å². The lowest BCUT2D eigenvalue weighted by atomic mass is 10.1. The van der Waals surface area contributed by atoms with Gasteiger partial charge in [-0.15, -0.1) is 0 Å². The molecule has 2 aromatic carbocycles. The Bertz CT molecular complexity index is 820. The fraction of sp³-hybridized carbons (Fsp3) is 0.250. The Hall–Kier alpha value is -3.15. The van der Waals surface area contributed by atoms with E-state index in [9.17, 15) is 14.4 Å². The second kappa shape index (κ2) is 7.82. The lowest BCUT2D eigenvalue weighted by Gasteiger charge is -2.20. The molecule has 0 saturated carbocycles. The molecule has 0 spiro atoms. The number of amides is 3. The monoisotopic (exact) mass is 351 g/mol. The molecule has 6 heteroatoms. The summed E-state index contributed by atoms with van der Waals surface area (Å²) in [5.74, 6) is -1.33. The van der Waals surface area contributed by atoms with Crippen molar-refractivity contribution in [2.45, 2.75) is 19.8 Å². The number of nitrogens with zero attached hydrogens (tertiary/aromatic N) is 1. The maximum Gasteiger partial charge on any atom is 0.269 e. The molecule has 2 aromatic rings. The zero-order valence-electron chi connectivity index (χ0n) is 14.6. The molecule has 26 heavy (non-hydrogen) atoms. The van der Waals surface area contributed by atoms with Gasteiger partial charge in [0, 0.05) is 24.2 Å². The fourth-order valence-corrected chi connectivity index (χ4v) is 3.07. The molecule has 1 fully saturated rings. The van der Waals surface area contributed by atoms with Gasteiger partial charge in [0.25, 0.3) is 5.91 Å². The van der Waals surface area contributed by atoms with E-state index in [1.165, 1.54) is 0 Å². The van der Waals surface area contributed by atoms with E-state index in [-0.39, 0.29) is 18.2 Å². The third kappa shape index (κ3) is 3.74. The average molecular weight is 351 g/mol. The predicted molar refractivity (Wildman–Crippen MR) is 98.3 cm³/mol. The average Bonchev–Trinajstić information content (AvgIpc) is 3.08. The van der Waals surface area contributed by atoms with E-state index in [2.05, 4.69) is 10.9 Å². The Morgan fingerprint density at radius 3 is 2.46 bits per heavy atom. The number of carbonyl (C=O) groups is 3. The predicted octanol–water partition coefficient (Wildman–Crippen LogP) is 2.06. The Morgan fingerprint density at radius 1 is 1.04 bits per heavy atom. The van der Waals surface area contributed by atoms with Gasteiger partial charge in [-0.2, -0.15) is 0 Å². The first-order valence-electron chi connectivity index (χ1n) is 8.63. The number of rotatable bonds is 4. The largest absolute Gasteiger partial charge is 0.311 e. The van der Waals surface area contributed by atoms with Crippen LogP contribution in [0.4, 0.5) is 5.69 Å². The van der Waals surface area contributed by atoms with Crippen molar-refractivity contribution < 1.29 is 14.4 Å². The summed E-state index contributed by atoms with van der Waals surface area (Å²) in [6.07, 6.45) is 0.940. The molecule has 0 aliphatic carbocycles. The Morgan fingerprint density at radius 2 is 1.73 bits per heavy atom. The summed E-state index contributed by atoms with van der Waals surface area (Å²) in [6.45, 7) is 2.34. The van der Waals surface area contributed by atoms with Crippen LogP contribution in [0.1, 0.15) is 29.3 Å². The second-order valence-electron chi connectivity index (χ2n) is 6.20. The molecule has 1 aliphatic rings. The molecular formula is C20H21N3O3. The molecule has 2 N–H and O–H groups in total. The van der Waals surface area contributed by atoms with Crippen molar-refractivity contribution in [1.29, 1.82) is 0 Å². The molecule has 1 saturated heterocycles. The Kier molecular flexibility index (Phi) is 5.31. The van der Waals surface area contributed by atoms with Gasteiger partial charge in [0.05, 0.1) is 5.92 Å². The van der Waals surface area contributed by atoms with Crippen LogP contribution in [0, 0.1) is 5.92 Å². The number of carbonyl (C=O) groups excluding carboxylic acids is 3. The molecule has 134 valence electrons. The van der Waals surface area contributed by atoms with Gasteiger partial charge in [0.2, 0.25) is 11.8 Å². The van der Waals surface area contributed by atoms with Gasteiger partial charge in [-0.3, -0.25) is 25.2 Å². The van der Waals surface area contributed by atoms with E-state index >= 15 is 0 Å². The molecule has 0 radical (unpaired) electrons. The van der Waals surface area contributed by atoms with Crippen molar-refractivity contribution in [3.63, 3.8) is 0 Å². The molecule has 1 unspecified atom stereocenters. The van der Waals surface area contributed by atoms with Crippen LogP contribution in [0.3, 0.4) is 0 Å². The number of aryl methyl sites for hydroxylation is 1. The SMILES string of the molecule is CCc1ccccc1N1CC(C(=O)NNC(=O)c2ccccc2)CC1=O. The van der Waals surface area contributed by atoms with E-state index in [4.69, 9.17) is 0 Å². The topological polar surface area (TPSA) is 78.5 Å². The molecule has 1 aliphatic heterocycles. The highest BCUT2D eigenvalue weighted by atomic mass is 16.2. The zero-order chi connectivity index (χ0) is 18.5. The van der Waals surface area contributed by atoms with Gasteiger partial charge in [0.1, 0.15) is 0 Å². The lowest BCUT2D eigenvalue weighted by molar-refractivity contribution is -0.126. The summed E-state index contributed by atoms with van der Waals surface area (Å²) >= 11 is 0. The summed E-state index contributed by atoms with van der Waals surface area (Å²) < 4.78 is 0. The first-order chi connectivity index (χ1) is 12.6. The number of hydrazine groups is 1. The van der Waals surface area contributed by atoms with Gasteiger partial charge in [-0.25, -0.2) is 0 Å². The number of nitrogens with one attached hydrogen (secondary N) is 2. The second-order valence-corrected chi connectivity index (χ2v) is 6.20. The Balaban J connectivity index is 1.61. The minimum Gasteiger partial charge on any atom is -0.311 e. The highest BCUT2D eigenvalue weighted by Gasteiger charge is 2.35. The minimum atomic E-state index is -0.497. The molecule has 0 bridgehead atoms. The molecule has 3 rings (SSSR count). The summed E-state index contributed by atoms with van der Waals surface area (Å²) in [6, 6.07) is 16.3. The summed E-state index contributed by atoms with van der Waals surface area (Å²) in [7, 11) is 0. The van der Waals surface area contributed by atoms with Crippen molar-refractivity contribution in [2.24, 2.45) is 5.92 Å². The standard InChI is InChI=1S/C20H21N3O3/c1-2-14-8-6-7-11-17(14)23-13-16(12-18(23)24)20(26)22-21-19(25)15-9-4-3-5-10-15/h3-11,16H,2,12-13H2,1H3,(H,21,25)(H,22,26). The van der Waals surface area contributed by atoms with Crippen LogP contribution in [0.15, 0.2) is 54.6 Å². The third-order valence-electron chi connectivity index (χ3n) is 4.49. The Labute approximate surface area is 152 Å². The maximum absolute atomic E-state index is 12.4. The zero-order valence-corrected chi connectivity index (χ0v) is 14.6. The highest BCUT2D eigenvalue weighted by molar-refractivity contribution is 6.01. The number of hydrogen-bond acceptors (Lipinski definition) is 3. The van der Waals surface area contributed by atoms with E-state index < -0.39 is 11.8 Å². The molecular weight excluding hydrogens is 330 g/mol. The van der Waals surface area contributed by atoms with Crippen molar-refractivity contribution in [2.75, 3.05) is 11.4 Å². The molecule has 3 amide bonds. The van der Waals surface area contributed by atoms with E-state index in [0.29, 0.717) is 12.1 Å². The quantitative estimate of drug-likeness (QED) is 0.828. The highest BCUT2D eigenvalue weighted by Crippen LogP contribution is 2.28. The van der Waals surface area contributed by atoms with Gasteiger partial charge in [0.15, 0.2) is 0 Å². The number of para-hydroxylation sites is 1.